The average Bonchev–Trinajstić information content (AvgIpc) is 2.41. The third-order valence-electron chi connectivity index (χ3n) is 1.87. The van der Waals surface area contributed by atoms with Gasteiger partial charge in [-0.25, -0.2) is 0 Å². The summed E-state index contributed by atoms with van der Waals surface area (Å²) in [4.78, 5) is 0. The Kier molecular flexibility index (Phi) is 4.67. The highest BCUT2D eigenvalue weighted by molar-refractivity contribution is 7.20. The zero-order valence-electron chi connectivity index (χ0n) is 8.05. The van der Waals surface area contributed by atoms with E-state index in [9.17, 15) is 0 Å². The van der Waals surface area contributed by atoms with E-state index in [1.54, 1.807) is 6.92 Å². The number of nitrogens with one attached hydrogen (secondary N) is 1. The summed E-state index contributed by atoms with van der Waals surface area (Å²) < 4.78 is 1.40. The number of aliphatic hydroxyl groups excluding tert-OH is 1. The third kappa shape index (κ3) is 3.41. The first-order valence-corrected chi connectivity index (χ1v) is 5.94. The lowest BCUT2D eigenvalue weighted by molar-refractivity contribution is 0.187. The van der Waals surface area contributed by atoms with E-state index in [1.165, 1.54) is 11.3 Å². The van der Waals surface area contributed by atoms with Crippen LogP contribution in [0.3, 0.4) is 0 Å². The van der Waals surface area contributed by atoms with Gasteiger partial charge < -0.3 is 10.4 Å². The van der Waals surface area contributed by atoms with Crippen molar-refractivity contribution in [3.63, 3.8) is 0 Å². The maximum atomic E-state index is 9.10. The van der Waals surface area contributed by atoms with Crippen LogP contribution in [0.15, 0.2) is 6.07 Å². The molecule has 0 bridgehead atoms. The van der Waals surface area contributed by atoms with Crippen LogP contribution in [0, 0.1) is 0 Å². The monoisotopic (exact) mass is 253 g/mol. The molecule has 1 heterocycles. The van der Waals surface area contributed by atoms with Crippen LogP contribution in [0.2, 0.25) is 8.67 Å². The van der Waals surface area contributed by atoms with E-state index < -0.39 is 0 Å². The van der Waals surface area contributed by atoms with Crippen LogP contribution in [0.5, 0.6) is 0 Å². The summed E-state index contributed by atoms with van der Waals surface area (Å²) >= 11 is 13.2. The molecular weight excluding hydrogens is 241 g/mol. The number of thiophene rings is 1. The summed E-state index contributed by atoms with van der Waals surface area (Å²) in [6.07, 6.45) is -0.356. The highest BCUT2D eigenvalue weighted by atomic mass is 35.5. The Labute approximate surface area is 97.8 Å². The lowest BCUT2D eigenvalue weighted by Gasteiger charge is -2.14. The molecular formula is C9H13Cl2NOS. The Morgan fingerprint density at radius 2 is 2.14 bits per heavy atom. The molecule has 0 fully saturated rings. The largest absolute Gasteiger partial charge is 0.392 e. The molecule has 2 nitrogen and oxygen atoms in total. The number of aliphatic hydroxyl groups is 1. The van der Waals surface area contributed by atoms with Gasteiger partial charge in [-0.15, -0.1) is 11.3 Å². The van der Waals surface area contributed by atoms with Gasteiger partial charge >= 0.3 is 0 Å². The number of halogens is 2. The summed E-state index contributed by atoms with van der Waals surface area (Å²) in [5, 5.41) is 12.3. The Bertz CT molecular complexity index is 301. The minimum absolute atomic E-state index is 0.112. The first-order valence-electron chi connectivity index (χ1n) is 4.37. The minimum atomic E-state index is -0.356. The van der Waals surface area contributed by atoms with E-state index >= 15 is 0 Å². The molecule has 1 aromatic rings. The molecule has 0 aromatic carbocycles. The van der Waals surface area contributed by atoms with Crippen LogP contribution < -0.4 is 5.32 Å². The Balaban J connectivity index is 2.60. The predicted molar refractivity (Wildman–Crippen MR) is 62.4 cm³/mol. The van der Waals surface area contributed by atoms with Gasteiger partial charge in [-0.05, 0) is 25.5 Å². The molecule has 80 valence electrons. The van der Waals surface area contributed by atoms with Gasteiger partial charge in [-0.2, -0.15) is 0 Å². The highest BCUT2D eigenvalue weighted by Gasteiger charge is 2.13. The van der Waals surface area contributed by atoms with E-state index in [-0.39, 0.29) is 12.1 Å². The fourth-order valence-electron chi connectivity index (χ4n) is 1.11. The maximum absolute atomic E-state index is 9.10. The SMILES string of the molecule is CC(NC[C@H](C)O)c1cc(Cl)sc1Cl. The average molecular weight is 254 g/mol. The molecule has 2 N–H and O–H groups in total. The second-order valence-electron chi connectivity index (χ2n) is 3.26. The van der Waals surface area contributed by atoms with Gasteiger partial charge in [0.05, 0.1) is 14.8 Å². The van der Waals surface area contributed by atoms with Crippen molar-refractivity contribution >= 4 is 34.5 Å². The van der Waals surface area contributed by atoms with Crippen LogP contribution >= 0.6 is 34.5 Å². The zero-order chi connectivity index (χ0) is 10.7. The molecule has 2 atom stereocenters. The summed E-state index contributed by atoms with van der Waals surface area (Å²) in [6.45, 7) is 4.28. The molecule has 1 aromatic heterocycles. The van der Waals surface area contributed by atoms with Crippen molar-refractivity contribution in [2.24, 2.45) is 0 Å². The standard InChI is InChI=1S/C9H13Cl2NOS/c1-5(13)4-12-6(2)7-3-8(10)14-9(7)11/h3,5-6,12-13H,4H2,1-2H3/t5-,6?/m0/s1. The van der Waals surface area contributed by atoms with Gasteiger partial charge in [0.15, 0.2) is 0 Å². The molecule has 0 spiro atoms. The van der Waals surface area contributed by atoms with Crippen molar-refractivity contribution in [3.05, 3.63) is 20.3 Å². The fourth-order valence-corrected chi connectivity index (χ4v) is 2.75. The summed E-state index contributed by atoms with van der Waals surface area (Å²) in [6, 6.07) is 1.97. The highest BCUT2D eigenvalue weighted by Crippen LogP contribution is 2.34. The van der Waals surface area contributed by atoms with Crippen molar-refractivity contribution in [2.45, 2.75) is 26.0 Å². The first-order chi connectivity index (χ1) is 6.50. The van der Waals surface area contributed by atoms with Crippen molar-refractivity contribution < 1.29 is 5.11 Å². The van der Waals surface area contributed by atoms with Gasteiger partial charge in [0, 0.05) is 12.6 Å². The Hall–Kier alpha value is 0.200. The molecule has 1 rings (SSSR count). The van der Waals surface area contributed by atoms with Gasteiger partial charge in [-0.1, -0.05) is 23.2 Å². The molecule has 0 radical (unpaired) electrons. The normalized spacial score (nSPS) is 15.5. The van der Waals surface area contributed by atoms with E-state index in [1.807, 2.05) is 13.0 Å². The number of hydrogen-bond acceptors (Lipinski definition) is 3. The molecule has 0 aliphatic heterocycles. The summed E-state index contributed by atoms with van der Waals surface area (Å²) in [5.74, 6) is 0. The van der Waals surface area contributed by atoms with Crippen LogP contribution in [0.25, 0.3) is 0 Å². The van der Waals surface area contributed by atoms with E-state index in [0.717, 1.165) is 5.56 Å². The zero-order valence-corrected chi connectivity index (χ0v) is 10.4. The summed E-state index contributed by atoms with van der Waals surface area (Å²) in [5.41, 5.74) is 0.988. The van der Waals surface area contributed by atoms with Crippen molar-refractivity contribution in [2.75, 3.05) is 6.54 Å². The third-order valence-corrected chi connectivity index (χ3v) is 3.39. The molecule has 0 amide bonds. The minimum Gasteiger partial charge on any atom is -0.392 e. The Morgan fingerprint density at radius 1 is 1.50 bits per heavy atom. The topological polar surface area (TPSA) is 32.3 Å². The van der Waals surface area contributed by atoms with Gasteiger partial charge in [0.25, 0.3) is 0 Å². The van der Waals surface area contributed by atoms with Gasteiger partial charge in [0.1, 0.15) is 0 Å². The van der Waals surface area contributed by atoms with Gasteiger partial charge in [0.2, 0.25) is 0 Å². The molecule has 0 saturated carbocycles. The molecule has 0 aliphatic rings. The fraction of sp³-hybridized carbons (Fsp3) is 0.556. The second-order valence-corrected chi connectivity index (χ2v) is 5.54. The predicted octanol–water partition coefficient (Wildman–Crippen LogP) is 3.09. The first kappa shape index (κ1) is 12.3. The van der Waals surface area contributed by atoms with Crippen LogP contribution in [-0.4, -0.2) is 17.8 Å². The van der Waals surface area contributed by atoms with Crippen LogP contribution in [-0.2, 0) is 0 Å². The number of hydrogen-bond donors (Lipinski definition) is 2. The number of rotatable bonds is 4. The van der Waals surface area contributed by atoms with Crippen molar-refractivity contribution in [1.29, 1.82) is 0 Å². The lowest BCUT2D eigenvalue weighted by Crippen LogP contribution is -2.26. The van der Waals surface area contributed by atoms with E-state index in [2.05, 4.69) is 5.32 Å². The van der Waals surface area contributed by atoms with Crippen LogP contribution in [0.1, 0.15) is 25.5 Å². The maximum Gasteiger partial charge on any atom is 0.0991 e. The molecule has 1 unspecified atom stereocenters. The van der Waals surface area contributed by atoms with E-state index in [0.29, 0.717) is 15.2 Å². The van der Waals surface area contributed by atoms with Crippen molar-refractivity contribution in [3.8, 4) is 0 Å². The molecule has 0 aliphatic carbocycles. The van der Waals surface area contributed by atoms with Gasteiger partial charge in [-0.3, -0.25) is 0 Å². The molecule has 5 heteroatoms. The summed E-state index contributed by atoms with van der Waals surface area (Å²) in [7, 11) is 0. The lowest BCUT2D eigenvalue weighted by atomic mass is 10.2. The van der Waals surface area contributed by atoms with Crippen molar-refractivity contribution in [1.82, 2.24) is 5.32 Å². The quantitative estimate of drug-likeness (QED) is 0.865. The second kappa shape index (κ2) is 5.33. The van der Waals surface area contributed by atoms with Crippen LogP contribution in [0.4, 0.5) is 0 Å². The Morgan fingerprint density at radius 3 is 2.57 bits per heavy atom. The smallest absolute Gasteiger partial charge is 0.0991 e. The molecule has 14 heavy (non-hydrogen) atoms. The van der Waals surface area contributed by atoms with E-state index in [4.69, 9.17) is 28.3 Å². The molecule has 0 saturated heterocycles.